The van der Waals surface area contributed by atoms with Gasteiger partial charge in [0.1, 0.15) is 5.75 Å². The smallest absolute Gasteiger partial charge is 0.262 e. The van der Waals surface area contributed by atoms with Gasteiger partial charge in [-0.2, -0.15) is 0 Å². The molecule has 1 heterocycles. The molecule has 0 spiro atoms. The van der Waals surface area contributed by atoms with Crippen molar-refractivity contribution in [2.24, 2.45) is 5.73 Å². The molecule has 19 heavy (non-hydrogen) atoms. The van der Waals surface area contributed by atoms with Crippen LogP contribution < -0.4 is 15.8 Å². The Morgan fingerprint density at radius 3 is 2.95 bits per heavy atom. The molecule has 0 bridgehead atoms. The Kier molecular flexibility index (Phi) is 3.71. The maximum atomic E-state index is 11.7. The molecule has 0 aromatic heterocycles. The number of nitrogens with two attached hydrogens (primary N) is 1. The van der Waals surface area contributed by atoms with Crippen molar-refractivity contribution in [2.45, 2.75) is 12.5 Å². The molecular weight excluding hydrogens is 246 g/mol. The summed E-state index contributed by atoms with van der Waals surface area (Å²) in [5.74, 6) is 0.326. The van der Waals surface area contributed by atoms with Crippen LogP contribution in [0.2, 0.25) is 0 Å². The first-order valence-electron chi connectivity index (χ1n) is 5.99. The fraction of sp³-hybridized carbons (Fsp3) is 0.385. The van der Waals surface area contributed by atoms with Crippen LogP contribution in [0, 0.1) is 0 Å². The van der Waals surface area contributed by atoms with Gasteiger partial charge in [-0.3, -0.25) is 9.59 Å². The number of rotatable bonds is 3. The minimum absolute atomic E-state index is 0.0327. The highest BCUT2D eigenvalue weighted by molar-refractivity contribution is 5.95. The van der Waals surface area contributed by atoms with Crippen molar-refractivity contribution in [2.75, 3.05) is 26.0 Å². The lowest BCUT2D eigenvalue weighted by Gasteiger charge is -2.20. The van der Waals surface area contributed by atoms with Gasteiger partial charge in [-0.05, 0) is 24.1 Å². The molecule has 0 saturated carbocycles. The molecule has 1 aromatic carbocycles. The summed E-state index contributed by atoms with van der Waals surface area (Å²) in [6.45, 7) is 0.0327. The maximum absolute atomic E-state index is 11.7. The summed E-state index contributed by atoms with van der Waals surface area (Å²) in [5.41, 5.74) is 7.35. The van der Waals surface area contributed by atoms with E-state index in [0.29, 0.717) is 17.9 Å². The highest BCUT2D eigenvalue weighted by Crippen LogP contribution is 2.28. The van der Waals surface area contributed by atoms with E-state index in [1.54, 1.807) is 26.2 Å². The minimum Gasteiger partial charge on any atom is -0.482 e. The van der Waals surface area contributed by atoms with Crippen LogP contribution >= 0.6 is 0 Å². The monoisotopic (exact) mass is 263 g/mol. The Balaban J connectivity index is 2.12. The maximum Gasteiger partial charge on any atom is 0.262 e. The second-order valence-electron chi connectivity index (χ2n) is 4.71. The molecule has 2 amide bonds. The number of anilines is 1. The van der Waals surface area contributed by atoms with Crippen molar-refractivity contribution < 1.29 is 14.3 Å². The lowest BCUT2D eigenvalue weighted by molar-refractivity contribution is -0.130. The third kappa shape index (κ3) is 3.03. The second-order valence-corrected chi connectivity index (χ2v) is 4.71. The van der Waals surface area contributed by atoms with Crippen LogP contribution in [0.1, 0.15) is 5.56 Å². The van der Waals surface area contributed by atoms with Crippen molar-refractivity contribution in [3.05, 3.63) is 23.8 Å². The van der Waals surface area contributed by atoms with Crippen LogP contribution in [0.4, 0.5) is 5.69 Å². The number of ether oxygens (including phenoxy) is 1. The molecule has 2 rings (SSSR count). The summed E-state index contributed by atoms with van der Waals surface area (Å²) in [4.78, 5) is 24.4. The van der Waals surface area contributed by atoms with E-state index >= 15 is 0 Å². The first-order chi connectivity index (χ1) is 8.97. The Labute approximate surface area is 111 Å². The van der Waals surface area contributed by atoms with Crippen molar-refractivity contribution in [1.29, 1.82) is 0 Å². The zero-order valence-corrected chi connectivity index (χ0v) is 11.0. The molecule has 0 saturated heterocycles. The molecule has 0 radical (unpaired) electrons. The fourth-order valence-corrected chi connectivity index (χ4v) is 1.93. The summed E-state index contributed by atoms with van der Waals surface area (Å²) in [7, 11) is 3.34. The van der Waals surface area contributed by atoms with Gasteiger partial charge < -0.3 is 20.7 Å². The number of hydrogen-bond acceptors (Lipinski definition) is 4. The number of nitrogens with one attached hydrogen (secondary N) is 1. The van der Waals surface area contributed by atoms with Crippen LogP contribution in [0.3, 0.4) is 0 Å². The van der Waals surface area contributed by atoms with Gasteiger partial charge in [-0.25, -0.2) is 0 Å². The summed E-state index contributed by atoms with van der Waals surface area (Å²) in [6, 6.07) is 4.82. The number of likely N-dealkylation sites (N-methyl/N-ethyl adjacent to an activating group) is 1. The molecular formula is C13H17N3O3. The largest absolute Gasteiger partial charge is 0.482 e. The third-order valence-electron chi connectivity index (χ3n) is 2.89. The Bertz CT molecular complexity index is 514. The highest BCUT2D eigenvalue weighted by Gasteiger charge is 2.19. The molecule has 1 aliphatic heterocycles. The zero-order valence-electron chi connectivity index (χ0n) is 11.0. The van der Waals surface area contributed by atoms with E-state index in [9.17, 15) is 9.59 Å². The number of nitrogens with zero attached hydrogens (tertiary/aromatic N) is 1. The predicted molar refractivity (Wildman–Crippen MR) is 70.9 cm³/mol. The molecule has 102 valence electrons. The van der Waals surface area contributed by atoms with Crippen LogP contribution in [0.15, 0.2) is 18.2 Å². The van der Waals surface area contributed by atoms with Crippen molar-refractivity contribution in [3.63, 3.8) is 0 Å². The van der Waals surface area contributed by atoms with E-state index < -0.39 is 6.04 Å². The SMILES string of the molecule is CN(C)C(=O)C(N)Cc1ccc2c(c1)NC(=O)CO2. The van der Waals surface area contributed by atoms with Gasteiger partial charge in [0.05, 0.1) is 11.7 Å². The molecule has 1 atom stereocenters. The number of carbonyl (C=O) groups excluding carboxylic acids is 2. The highest BCUT2D eigenvalue weighted by atomic mass is 16.5. The predicted octanol–water partition coefficient (Wildman–Crippen LogP) is -0.0245. The van der Waals surface area contributed by atoms with Gasteiger partial charge in [0.15, 0.2) is 6.61 Å². The first-order valence-corrected chi connectivity index (χ1v) is 5.99. The lowest BCUT2D eigenvalue weighted by atomic mass is 10.0. The van der Waals surface area contributed by atoms with Crippen LogP contribution in [-0.4, -0.2) is 43.5 Å². The van der Waals surface area contributed by atoms with Crippen LogP contribution in [0.25, 0.3) is 0 Å². The molecule has 0 aliphatic carbocycles. The average Bonchev–Trinajstić information content (AvgIpc) is 2.37. The van der Waals surface area contributed by atoms with Crippen molar-refractivity contribution in [3.8, 4) is 5.75 Å². The van der Waals surface area contributed by atoms with Gasteiger partial charge >= 0.3 is 0 Å². The van der Waals surface area contributed by atoms with Gasteiger partial charge in [-0.15, -0.1) is 0 Å². The van der Waals surface area contributed by atoms with E-state index in [4.69, 9.17) is 10.5 Å². The standard InChI is InChI=1S/C13H17N3O3/c1-16(2)13(18)9(14)5-8-3-4-11-10(6-8)15-12(17)7-19-11/h3-4,6,9H,5,7,14H2,1-2H3,(H,15,17). The summed E-state index contributed by atoms with van der Waals surface area (Å²) < 4.78 is 5.26. The van der Waals surface area contributed by atoms with E-state index in [0.717, 1.165) is 5.56 Å². The van der Waals surface area contributed by atoms with Crippen LogP contribution in [0.5, 0.6) is 5.75 Å². The number of hydrogen-bond donors (Lipinski definition) is 2. The number of carbonyl (C=O) groups is 2. The summed E-state index contributed by atoms with van der Waals surface area (Å²) in [5, 5.41) is 2.73. The lowest BCUT2D eigenvalue weighted by Crippen LogP contribution is -2.41. The quantitative estimate of drug-likeness (QED) is 0.802. The summed E-state index contributed by atoms with van der Waals surface area (Å²) in [6.07, 6.45) is 0.417. The topological polar surface area (TPSA) is 84.7 Å². The average molecular weight is 263 g/mol. The van der Waals surface area contributed by atoms with Gasteiger partial charge in [0.25, 0.3) is 5.91 Å². The molecule has 6 nitrogen and oxygen atoms in total. The molecule has 1 aromatic rings. The minimum atomic E-state index is -0.590. The molecule has 1 aliphatic rings. The molecule has 3 N–H and O–H groups in total. The summed E-state index contributed by atoms with van der Waals surface area (Å²) >= 11 is 0. The van der Waals surface area contributed by atoms with Crippen molar-refractivity contribution >= 4 is 17.5 Å². The third-order valence-corrected chi connectivity index (χ3v) is 2.89. The van der Waals surface area contributed by atoms with E-state index in [1.165, 1.54) is 4.90 Å². The molecule has 6 heteroatoms. The first kappa shape index (κ1) is 13.4. The normalized spacial score (nSPS) is 15.0. The van der Waals surface area contributed by atoms with E-state index in [2.05, 4.69) is 5.32 Å². The van der Waals surface area contributed by atoms with Gasteiger partial charge in [0.2, 0.25) is 5.91 Å². The number of benzene rings is 1. The molecule has 1 unspecified atom stereocenters. The number of amides is 2. The van der Waals surface area contributed by atoms with Crippen molar-refractivity contribution in [1.82, 2.24) is 4.90 Å². The zero-order chi connectivity index (χ0) is 14.0. The van der Waals surface area contributed by atoms with E-state index in [-0.39, 0.29) is 18.4 Å². The van der Waals surface area contributed by atoms with E-state index in [1.807, 2.05) is 6.07 Å². The second kappa shape index (κ2) is 5.27. The fourth-order valence-electron chi connectivity index (χ4n) is 1.93. The Morgan fingerprint density at radius 2 is 2.26 bits per heavy atom. The van der Waals surface area contributed by atoms with Crippen LogP contribution in [-0.2, 0) is 16.0 Å². The number of fused-ring (bicyclic) bond motifs is 1. The Morgan fingerprint density at radius 1 is 1.53 bits per heavy atom. The Hall–Kier alpha value is -2.08. The van der Waals surface area contributed by atoms with Gasteiger partial charge in [0, 0.05) is 14.1 Å². The van der Waals surface area contributed by atoms with Gasteiger partial charge in [-0.1, -0.05) is 6.07 Å². The molecule has 0 fully saturated rings.